The zero-order valence-electron chi connectivity index (χ0n) is 14.9. The number of fused-ring (bicyclic) bond motifs is 1. The van der Waals surface area contributed by atoms with E-state index in [0.717, 1.165) is 10.9 Å². The van der Waals surface area contributed by atoms with Crippen LogP contribution in [-0.4, -0.2) is 24.6 Å². The number of nitrogens with zero attached hydrogens (tertiary/aromatic N) is 1. The van der Waals surface area contributed by atoms with Gasteiger partial charge in [0.1, 0.15) is 5.15 Å². The summed E-state index contributed by atoms with van der Waals surface area (Å²) < 4.78 is 10.8. The predicted octanol–water partition coefficient (Wildman–Crippen LogP) is 4.88. The van der Waals surface area contributed by atoms with Crippen LogP contribution in [0.3, 0.4) is 0 Å². The van der Waals surface area contributed by atoms with Gasteiger partial charge in [-0.05, 0) is 36.8 Å². The van der Waals surface area contributed by atoms with Crippen molar-refractivity contribution in [3.63, 3.8) is 0 Å². The van der Waals surface area contributed by atoms with Crippen LogP contribution in [0.25, 0.3) is 10.9 Å². The highest BCUT2D eigenvalue weighted by Crippen LogP contribution is 2.36. The summed E-state index contributed by atoms with van der Waals surface area (Å²) >= 11 is 12.3. The number of rotatable bonds is 6. The molecule has 1 heterocycles. The number of methoxy groups -OCH3 is 1. The molecule has 0 aliphatic rings. The molecule has 0 aliphatic carbocycles. The van der Waals surface area contributed by atoms with Crippen LogP contribution >= 0.6 is 23.2 Å². The van der Waals surface area contributed by atoms with Gasteiger partial charge in [-0.1, -0.05) is 41.4 Å². The van der Waals surface area contributed by atoms with Crippen LogP contribution < -0.4 is 14.8 Å². The lowest BCUT2D eigenvalue weighted by molar-refractivity contribution is 0.0952. The van der Waals surface area contributed by atoms with Crippen molar-refractivity contribution in [3.8, 4) is 11.5 Å². The minimum atomic E-state index is -0.250. The van der Waals surface area contributed by atoms with Crippen LogP contribution in [-0.2, 0) is 6.54 Å². The first-order valence-corrected chi connectivity index (χ1v) is 9.11. The van der Waals surface area contributed by atoms with Crippen molar-refractivity contribution in [2.24, 2.45) is 0 Å². The second-order valence-electron chi connectivity index (χ2n) is 5.73. The Morgan fingerprint density at radius 3 is 2.70 bits per heavy atom. The number of para-hydroxylation sites is 1. The van der Waals surface area contributed by atoms with E-state index in [1.165, 1.54) is 0 Å². The second-order valence-corrected chi connectivity index (χ2v) is 6.53. The SMILES string of the molecule is CCOc1c(Cl)cc(CNC(=O)c2cc(Cl)nc3ccccc23)cc1OC. The number of nitrogens with one attached hydrogen (secondary N) is 1. The van der Waals surface area contributed by atoms with Crippen LogP contribution in [0, 0.1) is 0 Å². The maximum absolute atomic E-state index is 12.7. The van der Waals surface area contributed by atoms with Gasteiger partial charge in [0.2, 0.25) is 0 Å². The monoisotopic (exact) mass is 404 g/mol. The maximum Gasteiger partial charge on any atom is 0.252 e. The number of hydrogen-bond donors (Lipinski definition) is 1. The number of benzene rings is 2. The molecule has 140 valence electrons. The Morgan fingerprint density at radius 1 is 1.19 bits per heavy atom. The summed E-state index contributed by atoms with van der Waals surface area (Å²) in [7, 11) is 1.54. The summed E-state index contributed by atoms with van der Waals surface area (Å²) in [6.07, 6.45) is 0. The molecule has 5 nitrogen and oxygen atoms in total. The van der Waals surface area contributed by atoms with Crippen molar-refractivity contribution in [3.05, 3.63) is 63.8 Å². The summed E-state index contributed by atoms with van der Waals surface area (Å²) in [6, 6.07) is 12.4. The fraction of sp³-hybridized carbons (Fsp3) is 0.200. The van der Waals surface area contributed by atoms with Gasteiger partial charge in [0.05, 0.1) is 29.8 Å². The molecule has 3 aromatic rings. The van der Waals surface area contributed by atoms with Gasteiger partial charge < -0.3 is 14.8 Å². The second kappa shape index (κ2) is 8.46. The molecule has 27 heavy (non-hydrogen) atoms. The molecule has 0 spiro atoms. The largest absolute Gasteiger partial charge is 0.493 e. The van der Waals surface area contributed by atoms with Crippen LogP contribution in [0.2, 0.25) is 10.2 Å². The zero-order chi connectivity index (χ0) is 19.4. The smallest absolute Gasteiger partial charge is 0.252 e. The fourth-order valence-corrected chi connectivity index (χ4v) is 3.26. The first kappa shape index (κ1) is 19.3. The Morgan fingerprint density at radius 2 is 1.96 bits per heavy atom. The molecule has 0 fully saturated rings. The highest BCUT2D eigenvalue weighted by Gasteiger charge is 2.15. The molecule has 0 bridgehead atoms. The van der Waals surface area contributed by atoms with Crippen molar-refractivity contribution in [1.82, 2.24) is 10.3 Å². The topological polar surface area (TPSA) is 60.5 Å². The molecule has 0 saturated carbocycles. The number of amides is 1. The molecule has 0 radical (unpaired) electrons. The summed E-state index contributed by atoms with van der Waals surface area (Å²) in [5.74, 6) is 0.758. The molecule has 7 heteroatoms. The Kier molecular flexibility index (Phi) is 6.04. The molecule has 2 aromatic carbocycles. The molecule has 0 atom stereocenters. The van der Waals surface area contributed by atoms with Crippen LogP contribution in [0.1, 0.15) is 22.8 Å². The van der Waals surface area contributed by atoms with Gasteiger partial charge in [-0.25, -0.2) is 4.98 Å². The Bertz CT molecular complexity index is 992. The highest BCUT2D eigenvalue weighted by molar-refractivity contribution is 6.32. The number of carbonyl (C=O) groups excluding carboxylic acids is 1. The average molecular weight is 405 g/mol. The van der Waals surface area contributed by atoms with E-state index < -0.39 is 0 Å². The summed E-state index contributed by atoms with van der Waals surface area (Å²) in [5, 5.41) is 4.32. The van der Waals surface area contributed by atoms with Crippen molar-refractivity contribution >= 4 is 40.0 Å². The lowest BCUT2D eigenvalue weighted by Crippen LogP contribution is -2.23. The quantitative estimate of drug-likeness (QED) is 0.594. The van der Waals surface area contributed by atoms with Gasteiger partial charge in [0.25, 0.3) is 5.91 Å². The molecule has 1 aromatic heterocycles. The normalized spacial score (nSPS) is 10.7. The van der Waals surface area contributed by atoms with E-state index in [1.807, 2.05) is 31.2 Å². The van der Waals surface area contributed by atoms with E-state index >= 15 is 0 Å². The van der Waals surface area contributed by atoms with E-state index in [2.05, 4.69) is 10.3 Å². The van der Waals surface area contributed by atoms with E-state index in [9.17, 15) is 4.79 Å². The third-order valence-corrected chi connectivity index (χ3v) is 4.43. The van der Waals surface area contributed by atoms with Gasteiger partial charge in [-0.15, -0.1) is 0 Å². The average Bonchev–Trinajstić information content (AvgIpc) is 2.67. The molecule has 1 N–H and O–H groups in total. The van der Waals surface area contributed by atoms with Crippen LogP contribution in [0.5, 0.6) is 11.5 Å². The van der Waals surface area contributed by atoms with Crippen molar-refractivity contribution in [2.45, 2.75) is 13.5 Å². The van der Waals surface area contributed by atoms with E-state index in [1.54, 1.807) is 25.3 Å². The number of ether oxygens (including phenoxy) is 2. The highest BCUT2D eigenvalue weighted by atomic mass is 35.5. The van der Waals surface area contributed by atoms with Crippen molar-refractivity contribution < 1.29 is 14.3 Å². The number of pyridine rings is 1. The Balaban J connectivity index is 1.83. The molecule has 0 aliphatic heterocycles. The number of hydrogen-bond acceptors (Lipinski definition) is 4. The van der Waals surface area contributed by atoms with E-state index in [0.29, 0.717) is 34.2 Å². The van der Waals surface area contributed by atoms with Gasteiger partial charge in [-0.3, -0.25) is 4.79 Å². The molecule has 0 saturated heterocycles. The Labute approximate surface area is 167 Å². The zero-order valence-corrected chi connectivity index (χ0v) is 16.4. The lowest BCUT2D eigenvalue weighted by atomic mass is 10.1. The first-order valence-electron chi connectivity index (χ1n) is 8.36. The fourth-order valence-electron chi connectivity index (χ4n) is 2.77. The maximum atomic E-state index is 12.7. The molecule has 0 unspecified atom stereocenters. The van der Waals surface area contributed by atoms with Gasteiger partial charge >= 0.3 is 0 Å². The number of aromatic nitrogens is 1. The van der Waals surface area contributed by atoms with Crippen molar-refractivity contribution in [2.75, 3.05) is 13.7 Å². The summed E-state index contributed by atoms with van der Waals surface area (Å²) in [5.41, 5.74) is 1.92. The van der Waals surface area contributed by atoms with Crippen molar-refractivity contribution in [1.29, 1.82) is 0 Å². The molecular weight excluding hydrogens is 387 g/mol. The van der Waals surface area contributed by atoms with E-state index in [-0.39, 0.29) is 17.6 Å². The number of halogens is 2. The molecular formula is C20H18Cl2N2O3. The first-order chi connectivity index (χ1) is 13.0. The minimum Gasteiger partial charge on any atom is -0.493 e. The van der Waals surface area contributed by atoms with Gasteiger partial charge in [-0.2, -0.15) is 0 Å². The van der Waals surface area contributed by atoms with Crippen LogP contribution in [0.15, 0.2) is 42.5 Å². The van der Waals surface area contributed by atoms with Gasteiger partial charge in [0.15, 0.2) is 11.5 Å². The number of carbonyl (C=O) groups is 1. The third-order valence-electron chi connectivity index (χ3n) is 3.96. The van der Waals surface area contributed by atoms with E-state index in [4.69, 9.17) is 32.7 Å². The predicted molar refractivity (Wildman–Crippen MR) is 107 cm³/mol. The van der Waals surface area contributed by atoms with Crippen LogP contribution in [0.4, 0.5) is 0 Å². The Hall–Kier alpha value is -2.50. The standard InChI is InChI=1S/C20H18Cl2N2O3/c1-3-27-19-15(21)8-12(9-17(19)26-2)11-23-20(25)14-10-18(22)24-16-7-5-4-6-13(14)16/h4-10H,3,11H2,1-2H3,(H,23,25). The minimum absolute atomic E-state index is 0.250. The van der Waals surface area contributed by atoms with Gasteiger partial charge in [0, 0.05) is 11.9 Å². The molecule has 3 rings (SSSR count). The third kappa shape index (κ3) is 4.26. The summed E-state index contributed by atoms with van der Waals surface area (Å²) in [4.78, 5) is 16.9. The summed E-state index contributed by atoms with van der Waals surface area (Å²) in [6.45, 7) is 2.62. The molecule has 1 amide bonds. The lowest BCUT2D eigenvalue weighted by Gasteiger charge is -2.14.